The summed E-state index contributed by atoms with van der Waals surface area (Å²) in [5.41, 5.74) is 0. The highest BCUT2D eigenvalue weighted by Crippen LogP contribution is 2.17. The van der Waals surface area contributed by atoms with Crippen LogP contribution in [0.5, 0.6) is 0 Å². The topological polar surface area (TPSA) is 77.8 Å². The molecule has 3 atom stereocenters. The van der Waals surface area contributed by atoms with Gasteiger partial charge in [-0.25, -0.2) is 0 Å². The van der Waals surface area contributed by atoms with Gasteiger partial charge < -0.3 is 15.3 Å². The quantitative estimate of drug-likeness (QED) is 0.444. The van der Waals surface area contributed by atoms with Crippen molar-refractivity contribution in [2.75, 3.05) is 0 Å². The van der Waals surface area contributed by atoms with Gasteiger partial charge >= 0.3 is 5.97 Å². The Morgan fingerprint density at radius 1 is 1.36 bits per heavy atom. The maximum Gasteiger partial charge on any atom is 0.310 e. The minimum absolute atomic E-state index is 0.0903. The van der Waals surface area contributed by atoms with E-state index in [2.05, 4.69) is 0 Å². The van der Waals surface area contributed by atoms with Crippen LogP contribution in [0.4, 0.5) is 0 Å². The summed E-state index contributed by atoms with van der Waals surface area (Å²) in [6.45, 7) is 0. The summed E-state index contributed by atoms with van der Waals surface area (Å²) in [5.74, 6) is -1.62. The van der Waals surface area contributed by atoms with Crippen LogP contribution < -0.4 is 0 Å². The Morgan fingerprint density at radius 3 is 2.45 bits per heavy atom. The van der Waals surface area contributed by atoms with E-state index in [0.29, 0.717) is 0 Å². The summed E-state index contributed by atoms with van der Waals surface area (Å²) in [4.78, 5) is 10.4. The van der Waals surface area contributed by atoms with Crippen molar-refractivity contribution in [3.8, 4) is 0 Å². The van der Waals surface area contributed by atoms with E-state index in [4.69, 9.17) is 15.3 Å². The molecule has 4 nitrogen and oxygen atoms in total. The molecule has 0 amide bonds. The van der Waals surface area contributed by atoms with Crippen molar-refractivity contribution < 1.29 is 20.1 Å². The normalized spacial score (nSPS) is 37.1. The molecule has 0 aromatic carbocycles. The van der Waals surface area contributed by atoms with Gasteiger partial charge in [0.2, 0.25) is 0 Å². The number of rotatable bonds is 1. The summed E-state index contributed by atoms with van der Waals surface area (Å²) < 4.78 is 0. The molecule has 0 saturated heterocycles. The van der Waals surface area contributed by atoms with Gasteiger partial charge in [-0.05, 0) is 6.42 Å². The Balaban J connectivity index is 2.63. The molecule has 0 heterocycles. The molecule has 3 N–H and O–H groups in total. The van der Waals surface area contributed by atoms with Crippen molar-refractivity contribution in [1.82, 2.24) is 0 Å². The highest BCUT2D eigenvalue weighted by atomic mass is 16.4. The van der Waals surface area contributed by atoms with Gasteiger partial charge in [0.1, 0.15) is 0 Å². The molecule has 1 aliphatic rings. The van der Waals surface area contributed by atoms with Crippen molar-refractivity contribution in [2.45, 2.75) is 18.6 Å². The SMILES string of the molecule is O=C(O)C1C=C[C@@H](O)[C@H](O)C1. The number of aliphatic hydroxyl groups is 2. The lowest BCUT2D eigenvalue weighted by atomic mass is 9.92. The zero-order chi connectivity index (χ0) is 8.43. The molecule has 0 aromatic heterocycles. The molecule has 1 aliphatic carbocycles. The van der Waals surface area contributed by atoms with E-state index >= 15 is 0 Å². The molecule has 11 heavy (non-hydrogen) atoms. The highest BCUT2D eigenvalue weighted by Gasteiger charge is 2.26. The molecule has 1 unspecified atom stereocenters. The maximum absolute atomic E-state index is 10.4. The summed E-state index contributed by atoms with van der Waals surface area (Å²) in [6, 6.07) is 0. The fourth-order valence-corrected chi connectivity index (χ4v) is 1.04. The van der Waals surface area contributed by atoms with E-state index in [-0.39, 0.29) is 6.42 Å². The number of aliphatic hydroxyl groups excluding tert-OH is 2. The highest BCUT2D eigenvalue weighted by molar-refractivity contribution is 5.72. The van der Waals surface area contributed by atoms with E-state index in [1.54, 1.807) is 0 Å². The van der Waals surface area contributed by atoms with E-state index in [9.17, 15) is 4.79 Å². The van der Waals surface area contributed by atoms with Gasteiger partial charge in [0.05, 0.1) is 18.1 Å². The van der Waals surface area contributed by atoms with Crippen molar-refractivity contribution >= 4 is 5.97 Å². The second kappa shape index (κ2) is 3.02. The lowest BCUT2D eigenvalue weighted by molar-refractivity contribution is -0.141. The molecular formula is C7H10O4. The summed E-state index contributed by atoms with van der Waals surface area (Å²) in [7, 11) is 0. The van der Waals surface area contributed by atoms with Crippen LogP contribution in [0.15, 0.2) is 12.2 Å². The third-order valence-corrected chi connectivity index (χ3v) is 1.75. The van der Waals surface area contributed by atoms with Crippen LogP contribution in [0.2, 0.25) is 0 Å². The number of aliphatic carboxylic acids is 1. The Labute approximate surface area is 63.8 Å². The third-order valence-electron chi connectivity index (χ3n) is 1.75. The van der Waals surface area contributed by atoms with E-state index in [1.807, 2.05) is 0 Å². The number of hydrogen-bond acceptors (Lipinski definition) is 3. The molecule has 0 spiro atoms. The zero-order valence-corrected chi connectivity index (χ0v) is 5.84. The van der Waals surface area contributed by atoms with Crippen molar-refractivity contribution in [3.63, 3.8) is 0 Å². The van der Waals surface area contributed by atoms with E-state index < -0.39 is 24.1 Å². The largest absolute Gasteiger partial charge is 0.481 e. The van der Waals surface area contributed by atoms with Gasteiger partial charge in [-0.3, -0.25) is 4.79 Å². The van der Waals surface area contributed by atoms with E-state index in [1.165, 1.54) is 12.2 Å². The second-order valence-corrected chi connectivity index (χ2v) is 2.62. The Morgan fingerprint density at radius 2 is 2.00 bits per heavy atom. The number of carbonyl (C=O) groups is 1. The molecule has 0 bridgehead atoms. The number of carboxylic acid groups (broad SMARTS) is 1. The van der Waals surface area contributed by atoms with Crippen LogP contribution in [0.1, 0.15) is 6.42 Å². The lowest BCUT2D eigenvalue weighted by Gasteiger charge is -2.21. The molecule has 62 valence electrons. The fourth-order valence-electron chi connectivity index (χ4n) is 1.04. The minimum Gasteiger partial charge on any atom is -0.481 e. The first-order chi connectivity index (χ1) is 5.11. The summed E-state index contributed by atoms with van der Waals surface area (Å²) in [5, 5.41) is 26.5. The van der Waals surface area contributed by atoms with Gasteiger partial charge in [-0.1, -0.05) is 12.2 Å². The summed E-state index contributed by atoms with van der Waals surface area (Å²) in [6.07, 6.45) is 0.950. The Kier molecular flexibility index (Phi) is 2.26. The second-order valence-electron chi connectivity index (χ2n) is 2.62. The Bertz CT molecular complexity index is 187. The smallest absolute Gasteiger partial charge is 0.310 e. The molecule has 1 rings (SSSR count). The van der Waals surface area contributed by atoms with Gasteiger partial charge in [0.25, 0.3) is 0 Å². The zero-order valence-electron chi connectivity index (χ0n) is 5.84. The predicted octanol–water partition coefficient (Wildman–Crippen LogP) is -0.631. The van der Waals surface area contributed by atoms with Gasteiger partial charge in [-0.2, -0.15) is 0 Å². The van der Waals surface area contributed by atoms with Crippen LogP contribution in [-0.2, 0) is 4.79 Å². The average molecular weight is 158 g/mol. The van der Waals surface area contributed by atoms with Crippen molar-refractivity contribution in [1.29, 1.82) is 0 Å². The van der Waals surface area contributed by atoms with Gasteiger partial charge in [0, 0.05) is 0 Å². The Hall–Kier alpha value is -0.870. The summed E-state index contributed by atoms with van der Waals surface area (Å²) >= 11 is 0. The molecular weight excluding hydrogens is 148 g/mol. The molecule has 0 fully saturated rings. The number of carboxylic acids is 1. The maximum atomic E-state index is 10.4. The first kappa shape index (κ1) is 8.23. The monoisotopic (exact) mass is 158 g/mol. The first-order valence-corrected chi connectivity index (χ1v) is 3.38. The minimum atomic E-state index is -0.966. The number of hydrogen-bond donors (Lipinski definition) is 3. The molecule has 4 heteroatoms. The molecule has 0 aromatic rings. The van der Waals surface area contributed by atoms with Crippen molar-refractivity contribution in [2.24, 2.45) is 5.92 Å². The van der Waals surface area contributed by atoms with Gasteiger partial charge in [0.15, 0.2) is 0 Å². The van der Waals surface area contributed by atoms with Gasteiger partial charge in [-0.15, -0.1) is 0 Å². The fraction of sp³-hybridized carbons (Fsp3) is 0.571. The van der Waals surface area contributed by atoms with Crippen LogP contribution in [0, 0.1) is 5.92 Å². The predicted molar refractivity (Wildman–Crippen MR) is 36.9 cm³/mol. The van der Waals surface area contributed by atoms with Crippen LogP contribution >= 0.6 is 0 Å². The molecule has 0 radical (unpaired) electrons. The lowest BCUT2D eigenvalue weighted by Crippen LogP contribution is -2.32. The van der Waals surface area contributed by atoms with Crippen LogP contribution in [0.25, 0.3) is 0 Å². The van der Waals surface area contributed by atoms with E-state index in [0.717, 1.165) is 0 Å². The first-order valence-electron chi connectivity index (χ1n) is 3.38. The van der Waals surface area contributed by atoms with Crippen LogP contribution in [0.3, 0.4) is 0 Å². The standard InChI is InChI=1S/C7H10O4/c8-5-2-1-4(7(10)11)3-6(5)9/h1-2,4-6,8-9H,3H2,(H,10,11)/t4?,5-,6-/m1/s1. The molecule has 0 aliphatic heterocycles. The third kappa shape index (κ3) is 1.78. The van der Waals surface area contributed by atoms with Crippen molar-refractivity contribution in [3.05, 3.63) is 12.2 Å². The molecule has 0 saturated carbocycles. The average Bonchev–Trinajstić information content (AvgIpc) is 1.94. The van der Waals surface area contributed by atoms with Crippen LogP contribution in [-0.4, -0.2) is 33.5 Å².